The van der Waals surface area contributed by atoms with Crippen LogP contribution in [0.15, 0.2) is 6.20 Å². The minimum atomic E-state index is -4.91. The van der Waals surface area contributed by atoms with Gasteiger partial charge in [-0.1, -0.05) is 0 Å². The van der Waals surface area contributed by atoms with E-state index in [1.807, 2.05) is 0 Å². The van der Waals surface area contributed by atoms with E-state index in [-0.39, 0.29) is 13.0 Å². The second kappa shape index (κ2) is 5.68. The Balaban J connectivity index is 1.97. The van der Waals surface area contributed by atoms with Gasteiger partial charge >= 0.3 is 22.5 Å². The van der Waals surface area contributed by atoms with Crippen LogP contribution in [0.25, 0.3) is 0 Å². The Hall–Kier alpha value is -2.71. The largest absolute Gasteiger partial charge is 0.418 e. The van der Waals surface area contributed by atoms with Gasteiger partial charge < -0.3 is 15.4 Å². The van der Waals surface area contributed by atoms with E-state index in [0.29, 0.717) is 16.3 Å². The van der Waals surface area contributed by atoms with Gasteiger partial charge in [0.05, 0.1) is 30.9 Å². The standard InChI is InChI=1S/C11H14N6O7S/c1-15-9-5(3-14-15)7-4-16(6(9)2-8(12)23-10(13)18)11(19)17(7)24-25(20,21)22/h3,6-7,12H,2,4H2,1H3,(H2,13,18)(H,20,21,22)/t6-,7-/m1/s1. The number of nitrogens with one attached hydrogen (secondary N) is 1. The van der Waals surface area contributed by atoms with E-state index in [4.69, 9.17) is 15.7 Å². The number of ether oxygens (including phenoxy) is 1. The second-order valence-corrected chi connectivity index (χ2v) is 6.46. The summed E-state index contributed by atoms with van der Waals surface area (Å²) in [6, 6.07) is -2.38. The fourth-order valence-electron chi connectivity index (χ4n) is 3.09. The van der Waals surface area contributed by atoms with E-state index in [9.17, 15) is 18.0 Å². The van der Waals surface area contributed by atoms with Gasteiger partial charge in [0.1, 0.15) is 6.04 Å². The maximum Gasteiger partial charge on any atom is 0.418 e. The van der Waals surface area contributed by atoms with Gasteiger partial charge in [-0.05, 0) is 0 Å². The lowest BCUT2D eigenvalue weighted by atomic mass is 9.96. The van der Waals surface area contributed by atoms with Gasteiger partial charge in [-0.3, -0.25) is 14.6 Å². The fourth-order valence-corrected chi connectivity index (χ4v) is 3.46. The monoisotopic (exact) mass is 374 g/mol. The molecule has 14 heteroatoms. The first-order valence-electron chi connectivity index (χ1n) is 6.92. The van der Waals surface area contributed by atoms with Gasteiger partial charge in [-0.2, -0.15) is 18.6 Å². The molecule has 1 aromatic rings. The molecule has 0 spiro atoms. The van der Waals surface area contributed by atoms with Gasteiger partial charge in [-0.25, -0.2) is 9.59 Å². The predicted molar refractivity (Wildman–Crippen MR) is 78.3 cm³/mol. The van der Waals surface area contributed by atoms with Crippen molar-refractivity contribution in [2.45, 2.75) is 18.5 Å². The highest BCUT2D eigenvalue weighted by Gasteiger charge is 2.51. The van der Waals surface area contributed by atoms with Crippen molar-refractivity contribution >= 4 is 28.4 Å². The molecule has 4 N–H and O–H groups in total. The molecular formula is C11H14N6O7S. The summed E-state index contributed by atoms with van der Waals surface area (Å²) in [7, 11) is -3.30. The minimum Gasteiger partial charge on any atom is -0.396 e. The van der Waals surface area contributed by atoms with E-state index in [1.165, 1.54) is 15.8 Å². The third-order valence-electron chi connectivity index (χ3n) is 3.93. The van der Waals surface area contributed by atoms with Crippen molar-refractivity contribution in [1.29, 1.82) is 5.41 Å². The number of hydroxylamine groups is 2. The number of hydrogen-bond acceptors (Lipinski definition) is 8. The van der Waals surface area contributed by atoms with E-state index in [0.717, 1.165) is 0 Å². The minimum absolute atomic E-state index is 0.0432. The summed E-state index contributed by atoms with van der Waals surface area (Å²) in [6.45, 7) is 0.0432. The lowest BCUT2D eigenvalue weighted by Gasteiger charge is -2.30. The van der Waals surface area contributed by atoms with Crippen molar-refractivity contribution in [1.82, 2.24) is 19.7 Å². The van der Waals surface area contributed by atoms with Gasteiger partial charge in [-0.15, -0.1) is 4.28 Å². The van der Waals surface area contributed by atoms with Crippen LogP contribution in [-0.4, -0.2) is 57.3 Å². The SMILES string of the molecule is Cn1ncc2c1[C@@H](CC(=N)OC(N)=O)N1C[C@H]2N(OS(=O)(=O)O)C1=O. The molecule has 136 valence electrons. The summed E-state index contributed by atoms with van der Waals surface area (Å²) in [5, 5.41) is 12.3. The molecule has 2 aliphatic rings. The number of carbonyl (C=O) groups excluding carboxylic acids is 2. The number of carbonyl (C=O) groups is 2. The third-order valence-corrected chi connectivity index (χ3v) is 4.28. The van der Waals surface area contributed by atoms with Crippen molar-refractivity contribution in [3.63, 3.8) is 0 Å². The Morgan fingerprint density at radius 1 is 1.56 bits per heavy atom. The average Bonchev–Trinajstić information content (AvgIpc) is 2.96. The van der Waals surface area contributed by atoms with Gasteiger partial charge in [0.25, 0.3) is 0 Å². The number of nitrogens with zero attached hydrogens (tertiary/aromatic N) is 4. The highest BCUT2D eigenvalue weighted by atomic mass is 32.3. The van der Waals surface area contributed by atoms with E-state index in [2.05, 4.69) is 14.1 Å². The Bertz CT molecular complexity index is 864. The number of urea groups is 1. The van der Waals surface area contributed by atoms with Gasteiger partial charge in [0.15, 0.2) is 5.90 Å². The molecule has 3 amide bonds. The molecule has 2 bridgehead atoms. The molecule has 1 aromatic heterocycles. The van der Waals surface area contributed by atoms with Crippen LogP contribution in [-0.2, 0) is 26.5 Å². The molecule has 1 fully saturated rings. The van der Waals surface area contributed by atoms with E-state index in [1.54, 1.807) is 7.05 Å². The number of nitrogens with two attached hydrogens (primary N) is 1. The number of primary amides is 1. The predicted octanol–water partition coefficient (Wildman–Crippen LogP) is -0.549. The lowest BCUT2D eigenvalue weighted by Crippen LogP contribution is -2.37. The fraction of sp³-hybridized carbons (Fsp3) is 0.455. The summed E-state index contributed by atoms with van der Waals surface area (Å²) >= 11 is 0. The number of aryl methyl sites for hydroxylation is 1. The van der Waals surface area contributed by atoms with Gasteiger partial charge in [0.2, 0.25) is 0 Å². The normalized spacial score (nSPS) is 22.1. The molecule has 0 aliphatic carbocycles. The zero-order valence-corrected chi connectivity index (χ0v) is 13.6. The molecule has 3 heterocycles. The Labute approximate surface area is 141 Å². The number of amides is 3. The molecule has 2 atom stereocenters. The number of rotatable bonds is 4. The molecule has 13 nitrogen and oxygen atoms in total. The smallest absolute Gasteiger partial charge is 0.396 e. The Kier molecular flexibility index (Phi) is 3.89. The first-order valence-corrected chi connectivity index (χ1v) is 8.28. The number of hydrogen-bond donors (Lipinski definition) is 3. The van der Waals surface area contributed by atoms with Crippen molar-refractivity contribution < 1.29 is 31.6 Å². The molecule has 2 aliphatic heterocycles. The Morgan fingerprint density at radius 3 is 2.84 bits per heavy atom. The summed E-state index contributed by atoms with van der Waals surface area (Å²) in [6.07, 6.45) is 0.0863. The molecule has 0 unspecified atom stereocenters. The number of fused-ring (bicyclic) bond motifs is 4. The molecule has 0 radical (unpaired) electrons. The average molecular weight is 374 g/mol. The molecule has 1 saturated heterocycles. The molecule has 0 aromatic carbocycles. The second-order valence-electron chi connectivity index (χ2n) is 5.45. The van der Waals surface area contributed by atoms with Crippen molar-refractivity contribution in [3.8, 4) is 0 Å². The van der Waals surface area contributed by atoms with Crippen LogP contribution in [0.5, 0.6) is 0 Å². The van der Waals surface area contributed by atoms with Crippen LogP contribution < -0.4 is 5.73 Å². The Morgan fingerprint density at radius 2 is 2.24 bits per heavy atom. The zero-order valence-electron chi connectivity index (χ0n) is 12.8. The molecule has 0 saturated carbocycles. The van der Waals surface area contributed by atoms with Crippen molar-refractivity contribution in [3.05, 3.63) is 17.5 Å². The van der Waals surface area contributed by atoms with Crippen LogP contribution in [0.4, 0.5) is 9.59 Å². The summed E-state index contributed by atoms with van der Waals surface area (Å²) < 4.78 is 41.3. The quantitative estimate of drug-likeness (QED) is 0.356. The summed E-state index contributed by atoms with van der Waals surface area (Å²) in [5.41, 5.74) is 5.88. The van der Waals surface area contributed by atoms with Crippen molar-refractivity contribution in [2.24, 2.45) is 12.8 Å². The lowest BCUT2D eigenvalue weighted by molar-refractivity contribution is -0.0317. The maximum atomic E-state index is 12.5. The summed E-state index contributed by atoms with van der Waals surface area (Å²) in [5.74, 6) is -0.468. The molecule has 25 heavy (non-hydrogen) atoms. The summed E-state index contributed by atoms with van der Waals surface area (Å²) in [4.78, 5) is 24.5. The third kappa shape index (κ3) is 3.01. The van der Waals surface area contributed by atoms with Crippen LogP contribution >= 0.6 is 0 Å². The van der Waals surface area contributed by atoms with Crippen LogP contribution in [0.2, 0.25) is 0 Å². The van der Waals surface area contributed by atoms with Crippen molar-refractivity contribution in [2.75, 3.05) is 6.54 Å². The molecular weight excluding hydrogens is 360 g/mol. The number of aromatic nitrogens is 2. The van der Waals surface area contributed by atoms with Crippen LogP contribution in [0, 0.1) is 5.41 Å². The molecule has 3 rings (SSSR count). The highest BCUT2D eigenvalue weighted by molar-refractivity contribution is 7.80. The van der Waals surface area contributed by atoms with Gasteiger partial charge in [0, 0.05) is 12.6 Å². The van der Waals surface area contributed by atoms with Crippen LogP contribution in [0.3, 0.4) is 0 Å². The van der Waals surface area contributed by atoms with E-state index >= 15 is 0 Å². The highest BCUT2D eigenvalue weighted by Crippen LogP contribution is 2.45. The first kappa shape index (κ1) is 17.1. The zero-order chi connectivity index (χ0) is 18.5. The van der Waals surface area contributed by atoms with Crippen LogP contribution in [0.1, 0.15) is 29.8 Å². The van der Waals surface area contributed by atoms with E-state index < -0.39 is 40.5 Å². The maximum absolute atomic E-state index is 12.5. The topological polar surface area (TPSA) is 181 Å². The first-order chi connectivity index (χ1) is 11.6.